The van der Waals surface area contributed by atoms with Gasteiger partial charge in [0.2, 0.25) is 5.91 Å². The molecule has 1 aliphatic heterocycles. The number of hydrogen-bond donors (Lipinski definition) is 2. The zero-order chi connectivity index (χ0) is 12.8. The lowest BCUT2D eigenvalue weighted by Crippen LogP contribution is -2.42. The molecular weight excluding hydrogens is 224 g/mol. The van der Waals surface area contributed by atoms with Crippen molar-refractivity contribution in [2.45, 2.75) is 25.4 Å². The minimum Gasteiger partial charge on any atom is -0.481 e. The molecule has 1 fully saturated rings. The van der Waals surface area contributed by atoms with E-state index in [0.29, 0.717) is 32.5 Å². The third kappa shape index (κ3) is 3.98. The maximum atomic E-state index is 11.8. The Kier molecular flexibility index (Phi) is 5.37. The molecule has 6 nitrogen and oxygen atoms in total. The molecular formula is C11H20N2O4. The first kappa shape index (κ1) is 13.9. The fourth-order valence-electron chi connectivity index (χ4n) is 1.96. The van der Waals surface area contributed by atoms with E-state index >= 15 is 0 Å². The van der Waals surface area contributed by atoms with Crippen LogP contribution in [0.3, 0.4) is 0 Å². The molecule has 1 aliphatic rings. The smallest absolute Gasteiger partial charge is 0.306 e. The van der Waals surface area contributed by atoms with Gasteiger partial charge in [-0.3, -0.25) is 9.59 Å². The molecule has 3 N–H and O–H groups in total. The van der Waals surface area contributed by atoms with Crippen molar-refractivity contribution in [3.63, 3.8) is 0 Å². The first-order chi connectivity index (χ1) is 8.08. The van der Waals surface area contributed by atoms with Crippen LogP contribution in [0.5, 0.6) is 0 Å². The highest BCUT2D eigenvalue weighted by atomic mass is 16.5. The van der Waals surface area contributed by atoms with E-state index < -0.39 is 5.97 Å². The molecule has 0 aromatic heterocycles. The highest BCUT2D eigenvalue weighted by molar-refractivity contribution is 5.77. The summed E-state index contributed by atoms with van der Waals surface area (Å²) >= 11 is 0. The zero-order valence-electron chi connectivity index (χ0n) is 10.1. The Balaban J connectivity index is 2.38. The summed E-state index contributed by atoms with van der Waals surface area (Å²) in [6.45, 7) is 1.33. The van der Waals surface area contributed by atoms with E-state index in [2.05, 4.69) is 0 Å². The lowest BCUT2D eigenvalue weighted by atomic mass is 9.97. The number of methoxy groups -OCH3 is 1. The molecule has 6 heteroatoms. The largest absolute Gasteiger partial charge is 0.481 e. The first-order valence-electron chi connectivity index (χ1n) is 5.82. The van der Waals surface area contributed by atoms with Gasteiger partial charge in [-0.1, -0.05) is 0 Å². The molecule has 0 radical (unpaired) electrons. The second-order valence-electron chi connectivity index (χ2n) is 4.29. The SMILES string of the molecule is COC(CN)CC(=O)N1CCC(C(=O)O)CC1. The van der Waals surface area contributed by atoms with E-state index in [-0.39, 0.29) is 24.3 Å². The molecule has 0 aliphatic carbocycles. The first-order valence-corrected chi connectivity index (χ1v) is 5.82. The molecule has 1 unspecified atom stereocenters. The zero-order valence-corrected chi connectivity index (χ0v) is 10.1. The summed E-state index contributed by atoms with van der Waals surface area (Å²) in [5.74, 6) is -1.09. The number of nitrogens with zero attached hydrogens (tertiary/aromatic N) is 1. The van der Waals surface area contributed by atoms with E-state index in [4.69, 9.17) is 15.6 Å². The van der Waals surface area contributed by atoms with Crippen molar-refractivity contribution in [3.05, 3.63) is 0 Å². The highest BCUT2D eigenvalue weighted by Crippen LogP contribution is 2.18. The maximum absolute atomic E-state index is 11.8. The lowest BCUT2D eigenvalue weighted by molar-refractivity contribution is -0.146. The number of amides is 1. The number of carbonyl (C=O) groups excluding carboxylic acids is 1. The van der Waals surface area contributed by atoms with Crippen LogP contribution in [-0.4, -0.2) is 54.7 Å². The number of rotatable bonds is 5. The number of aliphatic carboxylic acids is 1. The number of hydrogen-bond acceptors (Lipinski definition) is 4. The van der Waals surface area contributed by atoms with Gasteiger partial charge in [-0.15, -0.1) is 0 Å². The molecule has 1 saturated heterocycles. The maximum Gasteiger partial charge on any atom is 0.306 e. The molecule has 1 heterocycles. The van der Waals surface area contributed by atoms with Gasteiger partial charge in [0.1, 0.15) is 0 Å². The molecule has 0 spiro atoms. The van der Waals surface area contributed by atoms with Crippen molar-refractivity contribution in [2.75, 3.05) is 26.7 Å². The molecule has 0 bridgehead atoms. The van der Waals surface area contributed by atoms with Crippen molar-refractivity contribution < 1.29 is 19.4 Å². The fourth-order valence-corrected chi connectivity index (χ4v) is 1.96. The summed E-state index contributed by atoms with van der Waals surface area (Å²) in [5, 5.41) is 8.84. The predicted molar refractivity (Wildman–Crippen MR) is 61.4 cm³/mol. The van der Waals surface area contributed by atoms with Crippen LogP contribution < -0.4 is 5.73 Å². The third-order valence-corrected chi connectivity index (χ3v) is 3.20. The Morgan fingerprint density at radius 1 is 1.47 bits per heavy atom. The minimum absolute atomic E-state index is 0.00820. The topological polar surface area (TPSA) is 92.9 Å². The predicted octanol–water partition coefficient (Wildman–Crippen LogP) is -0.327. The van der Waals surface area contributed by atoms with Crippen LogP contribution in [0, 0.1) is 5.92 Å². The van der Waals surface area contributed by atoms with Gasteiger partial charge in [0.15, 0.2) is 0 Å². The minimum atomic E-state index is -0.770. The van der Waals surface area contributed by atoms with Crippen molar-refractivity contribution in [3.8, 4) is 0 Å². The molecule has 0 aromatic carbocycles. The van der Waals surface area contributed by atoms with Crippen molar-refractivity contribution in [1.29, 1.82) is 0 Å². The standard InChI is InChI=1S/C11H20N2O4/c1-17-9(7-12)6-10(14)13-4-2-8(3-5-13)11(15)16/h8-9H,2-7,12H2,1H3,(H,15,16). The number of piperidine rings is 1. The Hall–Kier alpha value is -1.14. The van der Waals surface area contributed by atoms with E-state index in [9.17, 15) is 9.59 Å². The molecule has 0 aromatic rings. The van der Waals surface area contributed by atoms with Crippen LogP contribution in [0.2, 0.25) is 0 Å². The van der Waals surface area contributed by atoms with Gasteiger partial charge in [0.05, 0.1) is 18.4 Å². The molecule has 1 amide bonds. The van der Waals surface area contributed by atoms with Gasteiger partial charge in [-0.05, 0) is 12.8 Å². The number of ether oxygens (including phenoxy) is 1. The van der Waals surface area contributed by atoms with Crippen LogP contribution in [0.4, 0.5) is 0 Å². The number of nitrogens with two attached hydrogens (primary N) is 1. The normalized spacial score (nSPS) is 19.1. The van der Waals surface area contributed by atoms with Crippen molar-refractivity contribution >= 4 is 11.9 Å². The Bertz CT molecular complexity index is 271. The molecule has 0 saturated carbocycles. The molecule has 1 rings (SSSR count). The molecule has 1 atom stereocenters. The third-order valence-electron chi connectivity index (χ3n) is 3.20. The Morgan fingerprint density at radius 2 is 2.06 bits per heavy atom. The Labute approximate surface area is 101 Å². The molecule has 17 heavy (non-hydrogen) atoms. The summed E-state index contributed by atoms with van der Waals surface area (Å²) in [4.78, 5) is 24.3. The number of carboxylic acid groups (broad SMARTS) is 1. The van der Waals surface area contributed by atoms with E-state index in [0.717, 1.165) is 0 Å². The summed E-state index contributed by atoms with van der Waals surface area (Å²) in [5.41, 5.74) is 5.45. The van der Waals surface area contributed by atoms with Crippen molar-refractivity contribution in [2.24, 2.45) is 11.7 Å². The Morgan fingerprint density at radius 3 is 2.47 bits per heavy atom. The van der Waals surface area contributed by atoms with E-state index in [1.807, 2.05) is 0 Å². The average molecular weight is 244 g/mol. The van der Waals surface area contributed by atoms with Crippen LogP contribution in [0.25, 0.3) is 0 Å². The number of carboxylic acids is 1. The number of carbonyl (C=O) groups is 2. The fraction of sp³-hybridized carbons (Fsp3) is 0.818. The number of likely N-dealkylation sites (tertiary alicyclic amines) is 1. The molecule has 98 valence electrons. The van der Waals surface area contributed by atoms with Crippen LogP contribution >= 0.6 is 0 Å². The monoisotopic (exact) mass is 244 g/mol. The summed E-state index contributed by atoms with van der Waals surface area (Å²) in [6.07, 6.45) is 1.08. The van der Waals surface area contributed by atoms with Gasteiger partial charge in [0, 0.05) is 26.7 Å². The van der Waals surface area contributed by atoms with Crippen molar-refractivity contribution in [1.82, 2.24) is 4.90 Å². The van der Waals surface area contributed by atoms with Crippen LogP contribution in [-0.2, 0) is 14.3 Å². The van der Waals surface area contributed by atoms with E-state index in [1.54, 1.807) is 4.90 Å². The second-order valence-corrected chi connectivity index (χ2v) is 4.29. The van der Waals surface area contributed by atoms with Gasteiger partial charge in [0.25, 0.3) is 0 Å². The quantitative estimate of drug-likeness (QED) is 0.691. The van der Waals surface area contributed by atoms with E-state index in [1.165, 1.54) is 7.11 Å². The summed E-state index contributed by atoms with van der Waals surface area (Å²) < 4.78 is 5.05. The summed E-state index contributed by atoms with van der Waals surface area (Å²) in [6, 6.07) is 0. The van der Waals surface area contributed by atoms with Gasteiger partial charge in [-0.25, -0.2) is 0 Å². The van der Waals surface area contributed by atoms with Crippen LogP contribution in [0.15, 0.2) is 0 Å². The van der Waals surface area contributed by atoms with Gasteiger partial charge in [-0.2, -0.15) is 0 Å². The van der Waals surface area contributed by atoms with Gasteiger partial charge >= 0.3 is 5.97 Å². The van der Waals surface area contributed by atoms with Crippen LogP contribution in [0.1, 0.15) is 19.3 Å². The highest BCUT2D eigenvalue weighted by Gasteiger charge is 2.27. The average Bonchev–Trinajstić information content (AvgIpc) is 2.35. The van der Waals surface area contributed by atoms with Gasteiger partial charge < -0.3 is 20.5 Å². The summed E-state index contributed by atoms with van der Waals surface area (Å²) in [7, 11) is 1.53. The second kappa shape index (κ2) is 6.56. The lowest BCUT2D eigenvalue weighted by Gasteiger charge is -2.31.